The van der Waals surface area contributed by atoms with Gasteiger partial charge in [-0.25, -0.2) is 4.79 Å². The minimum atomic E-state index is -0.866. The van der Waals surface area contributed by atoms with Gasteiger partial charge in [-0.15, -0.1) is 0 Å². The molecule has 0 fully saturated rings. The van der Waals surface area contributed by atoms with E-state index in [-0.39, 0.29) is 5.41 Å². The molecule has 0 aliphatic carbocycles. The van der Waals surface area contributed by atoms with Crippen LogP contribution in [0.4, 0.5) is 0 Å². The van der Waals surface area contributed by atoms with Crippen LogP contribution in [0.2, 0.25) is 0 Å². The lowest BCUT2D eigenvalue weighted by molar-refractivity contribution is -0.132. The SMILES string of the molecule is CCCC/C(C#CC(C)(C)C)=C(\C)C(=O)O. The lowest BCUT2D eigenvalue weighted by atomic mass is 9.95. The molecule has 0 saturated heterocycles. The Morgan fingerprint density at radius 1 is 1.31 bits per heavy atom. The molecule has 0 aliphatic rings. The molecule has 90 valence electrons. The topological polar surface area (TPSA) is 37.3 Å². The molecule has 0 aromatic heterocycles. The zero-order valence-electron chi connectivity index (χ0n) is 11.0. The van der Waals surface area contributed by atoms with Crippen molar-refractivity contribution in [2.24, 2.45) is 5.41 Å². The van der Waals surface area contributed by atoms with Gasteiger partial charge in [0.15, 0.2) is 0 Å². The molecule has 0 saturated carbocycles. The summed E-state index contributed by atoms with van der Waals surface area (Å²) in [6.45, 7) is 9.78. The van der Waals surface area contributed by atoms with Gasteiger partial charge in [0, 0.05) is 16.6 Å². The highest BCUT2D eigenvalue weighted by molar-refractivity contribution is 5.87. The molecule has 0 atom stereocenters. The van der Waals surface area contributed by atoms with Crippen LogP contribution in [0.1, 0.15) is 53.9 Å². The van der Waals surface area contributed by atoms with Crippen LogP contribution >= 0.6 is 0 Å². The second kappa shape index (κ2) is 6.37. The van der Waals surface area contributed by atoms with Gasteiger partial charge in [0.2, 0.25) is 0 Å². The van der Waals surface area contributed by atoms with Crippen molar-refractivity contribution in [3.63, 3.8) is 0 Å². The number of carboxylic acids is 1. The molecule has 1 N–H and O–H groups in total. The minimum Gasteiger partial charge on any atom is -0.478 e. The van der Waals surface area contributed by atoms with Gasteiger partial charge in [-0.3, -0.25) is 0 Å². The Morgan fingerprint density at radius 2 is 1.88 bits per heavy atom. The van der Waals surface area contributed by atoms with Crippen LogP contribution in [0.3, 0.4) is 0 Å². The first-order valence-corrected chi connectivity index (χ1v) is 5.74. The summed E-state index contributed by atoms with van der Waals surface area (Å²) < 4.78 is 0. The molecule has 0 rings (SSSR count). The highest BCUT2D eigenvalue weighted by atomic mass is 16.4. The second-order valence-electron chi connectivity index (χ2n) is 5.01. The van der Waals surface area contributed by atoms with E-state index in [1.54, 1.807) is 6.92 Å². The van der Waals surface area contributed by atoms with Crippen molar-refractivity contribution in [2.75, 3.05) is 0 Å². The predicted octanol–water partition coefficient (Wildman–Crippen LogP) is 3.63. The van der Waals surface area contributed by atoms with Gasteiger partial charge < -0.3 is 5.11 Å². The van der Waals surface area contributed by atoms with E-state index < -0.39 is 5.97 Å². The Hall–Kier alpha value is -1.23. The van der Waals surface area contributed by atoms with Crippen molar-refractivity contribution in [2.45, 2.75) is 53.9 Å². The zero-order valence-corrected chi connectivity index (χ0v) is 11.0. The molecule has 2 nitrogen and oxygen atoms in total. The van der Waals surface area contributed by atoms with Gasteiger partial charge in [-0.2, -0.15) is 0 Å². The number of aliphatic carboxylic acids is 1. The van der Waals surface area contributed by atoms with E-state index in [2.05, 4.69) is 18.8 Å². The molecule has 0 spiro atoms. The molecule has 0 aromatic carbocycles. The highest BCUT2D eigenvalue weighted by Gasteiger charge is 2.09. The normalized spacial score (nSPS) is 12.6. The molecule has 0 radical (unpaired) electrons. The van der Waals surface area contributed by atoms with Gasteiger partial charge in [0.1, 0.15) is 0 Å². The first-order valence-electron chi connectivity index (χ1n) is 5.74. The third-order valence-corrected chi connectivity index (χ3v) is 2.14. The van der Waals surface area contributed by atoms with Crippen molar-refractivity contribution < 1.29 is 9.90 Å². The van der Waals surface area contributed by atoms with Crippen LogP contribution in [0.5, 0.6) is 0 Å². The molecular weight excluding hydrogens is 200 g/mol. The number of carboxylic acid groups (broad SMARTS) is 1. The molecule has 2 heteroatoms. The minimum absolute atomic E-state index is 0.0871. The zero-order chi connectivity index (χ0) is 12.8. The fraction of sp³-hybridized carbons (Fsp3) is 0.643. The molecule has 0 aliphatic heterocycles. The number of hydrogen-bond acceptors (Lipinski definition) is 1. The van der Waals surface area contributed by atoms with Crippen molar-refractivity contribution in [1.82, 2.24) is 0 Å². The van der Waals surface area contributed by atoms with E-state index in [0.29, 0.717) is 5.57 Å². The molecular formula is C14H22O2. The Kier molecular flexibility index (Phi) is 5.88. The molecule has 0 aromatic rings. The van der Waals surface area contributed by atoms with E-state index in [4.69, 9.17) is 5.11 Å². The Morgan fingerprint density at radius 3 is 2.25 bits per heavy atom. The quantitative estimate of drug-likeness (QED) is 0.582. The first kappa shape index (κ1) is 14.8. The standard InChI is InChI=1S/C14H22O2/c1-6-7-8-12(11(2)13(15)16)9-10-14(3,4)5/h6-8H2,1-5H3,(H,15,16)/b12-11-. The Labute approximate surface area is 98.7 Å². The Balaban J connectivity index is 5.02. The van der Waals surface area contributed by atoms with E-state index in [1.165, 1.54) is 0 Å². The molecule has 0 unspecified atom stereocenters. The average molecular weight is 222 g/mol. The summed E-state index contributed by atoms with van der Waals surface area (Å²) in [4.78, 5) is 10.9. The maximum Gasteiger partial charge on any atom is 0.332 e. The monoisotopic (exact) mass is 222 g/mol. The summed E-state index contributed by atoms with van der Waals surface area (Å²) in [6, 6.07) is 0. The van der Waals surface area contributed by atoms with Crippen molar-refractivity contribution >= 4 is 5.97 Å². The van der Waals surface area contributed by atoms with Crippen LogP contribution < -0.4 is 0 Å². The predicted molar refractivity (Wildman–Crippen MR) is 67.1 cm³/mol. The van der Waals surface area contributed by atoms with E-state index in [1.807, 2.05) is 20.8 Å². The van der Waals surface area contributed by atoms with Gasteiger partial charge in [-0.1, -0.05) is 25.2 Å². The summed E-state index contributed by atoms with van der Waals surface area (Å²) in [5, 5.41) is 8.96. The fourth-order valence-electron chi connectivity index (χ4n) is 1.09. The molecule has 0 amide bonds. The lowest BCUT2D eigenvalue weighted by Crippen LogP contribution is -2.03. The highest BCUT2D eigenvalue weighted by Crippen LogP contribution is 2.15. The van der Waals surface area contributed by atoms with Gasteiger partial charge in [-0.05, 0) is 40.5 Å². The van der Waals surface area contributed by atoms with Crippen molar-refractivity contribution in [3.8, 4) is 11.8 Å². The molecule has 0 heterocycles. The van der Waals surface area contributed by atoms with Crippen molar-refractivity contribution in [3.05, 3.63) is 11.1 Å². The largest absolute Gasteiger partial charge is 0.478 e. The van der Waals surface area contributed by atoms with Crippen LogP contribution in [-0.4, -0.2) is 11.1 Å². The smallest absolute Gasteiger partial charge is 0.332 e. The van der Waals surface area contributed by atoms with E-state index >= 15 is 0 Å². The summed E-state index contributed by atoms with van der Waals surface area (Å²) >= 11 is 0. The summed E-state index contributed by atoms with van der Waals surface area (Å²) in [6.07, 6.45) is 2.80. The fourth-order valence-corrected chi connectivity index (χ4v) is 1.09. The maximum atomic E-state index is 10.9. The third-order valence-electron chi connectivity index (χ3n) is 2.14. The van der Waals surface area contributed by atoms with Crippen LogP contribution in [0.25, 0.3) is 0 Å². The lowest BCUT2D eigenvalue weighted by Gasteiger charge is -2.08. The van der Waals surface area contributed by atoms with Crippen LogP contribution in [-0.2, 0) is 4.79 Å². The number of unbranched alkanes of at least 4 members (excludes halogenated alkanes) is 1. The van der Waals surface area contributed by atoms with Crippen LogP contribution in [0, 0.1) is 17.3 Å². The second-order valence-corrected chi connectivity index (χ2v) is 5.01. The molecule has 16 heavy (non-hydrogen) atoms. The first-order chi connectivity index (χ1) is 7.28. The molecule has 0 bridgehead atoms. The number of hydrogen-bond donors (Lipinski definition) is 1. The number of rotatable bonds is 4. The summed E-state index contributed by atoms with van der Waals surface area (Å²) in [5.41, 5.74) is 1.06. The summed E-state index contributed by atoms with van der Waals surface area (Å²) in [5.74, 6) is 5.25. The van der Waals surface area contributed by atoms with Gasteiger partial charge in [0.25, 0.3) is 0 Å². The third kappa shape index (κ3) is 6.29. The van der Waals surface area contributed by atoms with Crippen molar-refractivity contribution in [1.29, 1.82) is 0 Å². The maximum absolute atomic E-state index is 10.9. The average Bonchev–Trinajstić information content (AvgIpc) is 2.15. The Bertz CT molecular complexity index is 332. The van der Waals surface area contributed by atoms with Gasteiger partial charge in [0.05, 0.1) is 0 Å². The number of allylic oxidation sites excluding steroid dienone is 1. The van der Waals surface area contributed by atoms with E-state index in [0.717, 1.165) is 24.8 Å². The van der Waals surface area contributed by atoms with Gasteiger partial charge >= 0.3 is 5.97 Å². The number of carbonyl (C=O) groups is 1. The van der Waals surface area contributed by atoms with E-state index in [9.17, 15) is 4.79 Å². The summed E-state index contributed by atoms with van der Waals surface area (Å²) in [7, 11) is 0. The van der Waals surface area contributed by atoms with Crippen LogP contribution in [0.15, 0.2) is 11.1 Å².